The molecule has 3 N–H and O–H groups in total. The molecule has 0 atom stereocenters. The molecule has 2 aromatic heterocycles. The van der Waals surface area contributed by atoms with Crippen molar-refractivity contribution in [1.29, 1.82) is 0 Å². The molecule has 0 bridgehead atoms. The zero-order chi connectivity index (χ0) is 16.8. The van der Waals surface area contributed by atoms with Gasteiger partial charge in [0.1, 0.15) is 11.3 Å². The fourth-order valence-corrected chi connectivity index (χ4v) is 2.90. The molecule has 8 heteroatoms. The van der Waals surface area contributed by atoms with Crippen LogP contribution in [0.3, 0.4) is 0 Å². The minimum atomic E-state index is -0.718. The number of hydrogen-bond donors (Lipinski definition) is 3. The molecule has 0 aliphatic rings. The number of halogens is 3. The zero-order valence-corrected chi connectivity index (χ0v) is 13.2. The van der Waals surface area contributed by atoms with E-state index >= 15 is 0 Å². The Morgan fingerprint density at radius 1 is 1.21 bits per heavy atom. The van der Waals surface area contributed by atoms with Crippen LogP contribution in [0.5, 0.6) is 0 Å². The fraction of sp³-hybridized carbons (Fsp3) is 0.0625. The maximum absolute atomic E-state index is 14.0. The van der Waals surface area contributed by atoms with E-state index in [1.807, 2.05) is 12.1 Å². The highest BCUT2D eigenvalue weighted by atomic mass is 35.5. The van der Waals surface area contributed by atoms with Gasteiger partial charge >= 0.3 is 0 Å². The summed E-state index contributed by atoms with van der Waals surface area (Å²) in [6.45, 7) is 0. The van der Waals surface area contributed by atoms with Gasteiger partial charge in [-0.1, -0.05) is 11.6 Å². The van der Waals surface area contributed by atoms with E-state index in [2.05, 4.69) is 20.7 Å². The Kier molecular flexibility index (Phi) is 3.31. The fourth-order valence-electron chi connectivity index (χ4n) is 2.73. The smallest absolute Gasteiger partial charge is 0.227 e. The van der Waals surface area contributed by atoms with Crippen molar-refractivity contribution in [2.75, 3.05) is 17.8 Å². The van der Waals surface area contributed by atoms with Crippen molar-refractivity contribution >= 4 is 45.2 Å². The van der Waals surface area contributed by atoms with Gasteiger partial charge in [-0.2, -0.15) is 0 Å². The van der Waals surface area contributed by atoms with Crippen LogP contribution in [-0.2, 0) is 0 Å². The van der Waals surface area contributed by atoms with Crippen LogP contribution in [0, 0.1) is 11.6 Å². The topological polar surface area (TPSA) is 57.7 Å². The second-order valence-corrected chi connectivity index (χ2v) is 5.70. The van der Waals surface area contributed by atoms with E-state index in [9.17, 15) is 8.78 Å². The summed E-state index contributed by atoms with van der Waals surface area (Å²) in [5, 5.41) is 4.58. The summed E-state index contributed by atoms with van der Waals surface area (Å²) in [6, 6.07) is 7.48. The highest BCUT2D eigenvalue weighted by Gasteiger charge is 2.16. The third kappa shape index (κ3) is 2.25. The second kappa shape index (κ2) is 5.38. The molecule has 4 aromatic rings. The van der Waals surface area contributed by atoms with Crippen molar-refractivity contribution in [2.24, 2.45) is 0 Å². The van der Waals surface area contributed by atoms with Crippen LogP contribution >= 0.6 is 11.6 Å². The number of anilines is 2. The first-order valence-corrected chi connectivity index (χ1v) is 7.53. The molecule has 0 spiro atoms. The summed E-state index contributed by atoms with van der Waals surface area (Å²) in [5.74, 6) is -1.05. The standard InChI is InChI=1S/C16H12ClF2N5/c1-20-24-14-6-9(18)5-11(19)15(14)23-16(24)22-13-7-21-12-3-2-8(17)4-10(12)13/h2-7,20-21H,1H3,(H,22,23). The Morgan fingerprint density at radius 2 is 2.04 bits per heavy atom. The predicted molar refractivity (Wildman–Crippen MR) is 91.5 cm³/mol. The lowest BCUT2D eigenvalue weighted by atomic mass is 10.2. The highest BCUT2D eigenvalue weighted by Crippen LogP contribution is 2.30. The molecule has 0 radical (unpaired) electrons. The first-order chi connectivity index (χ1) is 11.6. The van der Waals surface area contributed by atoms with E-state index in [-0.39, 0.29) is 5.52 Å². The lowest BCUT2D eigenvalue weighted by Crippen LogP contribution is -2.12. The van der Waals surface area contributed by atoms with Crippen molar-refractivity contribution < 1.29 is 8.78 Å². The van der Waals surface area contributed by atoms with Gasteiger partial charge in [-0.05, 0) is 18.2 Å². The van der Waals surface area contributed by atoms with E-state index in [0.29, 0.717) is 16.5 Å². The summed E-state index contributed by atoms with van der Waals surface area (Å²) in [6.07, 6.45) is 1.76. The van der Waals surface area contributed by atoms with Gasteiger partial charge in [0.15, 0.2) is 5.82 Å². The number of hydrogen-bond acceptors (Lipinski definition) is 3. The van der Waals surface area contributed by atoms with Crippen LogP contribution in [0.15, 0.2) is 36.5 Å². The van der Waals surface area contributed by atoms with Gasteiger partial charge in [0, 0.05) is 41.3 Å². The SMILES string of the molecule is CNn1c(Nc2c[nH]c3ccc(Cl)cc23)nc2c(F)cc(F)cc21. The van der Waals surface area contributed by atoms with E-state index in [4.69, 9.17) is 11.6 Å². The molecule has 0 amide bonds. The van der Waals surface area contributed by atoms with Crippen molar-refractivity contribution in [3.63, 3.8) is 0 Å². The van der Waals surface area contributed by atoms with Crippen LogP contribution < -0.4 is 10.7 Å². The molecule has 0 aliphatic carbocycles. The van der Waals surface area contributed by atoms with Crippen LogP contribution in [0.4, 0.5) is 20.4 Å². The van der Waals surface area contributed by atoms with Crippen LogP contribution in [0.25, 0.3) is 21.9 Å². The van der Waals surface area contributed by atoms with Crippen molar-refractivity contribution in [3.05, 3.63) is 53.2 Å². The number of fused-ring (bicyclic) bond motifs is 2. The average Bonchev–Trinajstić information content (AvgIpc) is 3.09. The Morgan fingerprint density at radius 3 is 2.83 bits per heavy atom. The molecule has 0 saturated heterocycles. The first kappa shape index (κ1) is 14.8. The molecule has 0 aliphatic heterocycles. The number of benzene rings is 2. The molecular formula is C16H12ClF2N5. The monoisotopic (exact) mass is 347 g/mol. The highest BCUT2D eigenvalue weighted by molar-refractivity contribution is 6.31. The molecular weight excluding hydrogens is 336 g/mol. The predicted octanol–water partition coefficient (Wildman–Crippen LogP) is 4.37. The quantitative estimate of drug-likeness (QED) is 0.516. The van der Waals surface area contributed by atoms with Crippen LogP contribution in [-0.4, -0.2) is 21.7 Å². The summed E-state index contributed by atoms with van der Waals surface area (Å²) >= 11 is 6.05. The Bertz CT molecular complexity index is 1070. The van der Waals surface area contributed by atoms with E-state index in [0.717, 1.165) is 22.7 Å². The molecule has 0 saturated carbocycles. The number of aromatic nitrogens is 3. The maximum atomic E-state index is 14.0. The van der Waals surface area contributed by atoms with Crippen molar-refractivity contribution in [3.8, 4) is 0 Å². The normalized spacial score (nSPS) is 11.3. The molecule has 0 unspecified atom stereocenters. The number of nitrogens with zero attached hydrogens (tertiary/aromatic N) is 2. The number of rotatable bonds is 3. The lowest BCUT2D eigenvalue weighted by Gasteiger charge is -2.09. The van der Waals surface area contributed by atoms with Crippen LogP contribution in [0.2, 0.25) is 5.02 Å². The summed E-state index contributed by atoms with van der Waals surface area (Å²) in [7, 11) is 1.64. The second-order valence-electron chi connectivity index (χ2n) is 5.27. The van der Waals surface area contributed by atoms with Gasteiger partial charge in [0.25, 0.3) is 0 Å². The molecule has 4 rings (SSSR count). The van der Waals surface area contributed by atoms with Gasteiger partial charge in [0.05, 0.1) is 11.2 Å². The Balaban J connectivity index is 1.87. The minimum Gasteiger partial charge on any atom is -0.359 e. The molecule has 5 nitrogen and oxygen atoms in total. The Hall–Kier alpha value is -2.80. The Labute approximate surface area is 140 Å². The largest absolute Gasteiger partial charge is 0.359 e. The van der Waals surface area contributed by atoms with Crippen molar-refractivity contribution in [2.45, 2.75) is 0 Å². The van der Waals surface area contributed by atoms with Gasteiger partial charge in [-0.3, -0.25) is 0 Å². The van der Waals surface area contributed by atoms with Crippen LogP contribution in [0.1, 0.15) is 0 Å². The zero-order valence-electron chi connectivity index (χ0n) is 12.5. The first-order valence-electron chi connectivity index (χ1n) is 7.16. The van der Waals surface area contributed by atoms with Gasteiger partial charge in [0.2, 0.25) is 5.95 Å². The third-order valence-corrected chi connectivity index (χ3v) is 4.03. The van der Waals surface area contributed by atoms with Gasteiger partial charge < -0.3 is 15.7 Å². The summed E-state index contributed by atoms with van der Waals surface area (Å²) in [4.78, 5) is 7.34. The minimum absolute atomic E-state index is 0.0751. The molecule has 2 aromatic carbocycles. The molecule has 2 heterocycles. The van der Waals surface area contributed by atoms with Gasteiger partial charge in [-0.15, -0.1) is 0 Å². The lowest BCUT2D eigenvalue weighted by molar-refractivity contribution is 0.590. The van der Waals surface area contributed by atoms with Crippen molar-refractivity contribution in [1.82, 2.24) is 14.6 Å². The van der Waals surface area contributed by atoms with E-state index in [1.54, 1.807) is 19.3 Å². The molecule has 122 valence electrons. The molecule has 0 fully saturated rings. The summed E-state index contributed by atoms with van der Waals surface area (Å²) in [5.41, 5.74) is 4.86. The van der Waals surface area contributed by atoms with Gasteiger partial charge in [-0.25, -0.2) is 18.4 Å². The average molecular weight is 348 g/mol. The number of nitrogens with one attached hydrogen (secondary N) is 3. The number of H-pyrrole nitrogens is 1. The summed E-state index contributed by atoms with van der Waals surface area (Å²) < 4.78 is 28.9. The number of aromatic amines is 1. The van der Waals surface area contributed by atoms with E-state index < -0.39 is 11.6 Å². The maximum Gasteiger partial charge on any atom is 0.227 e. The van der Waals surface area contributed by atoms with E-state index in [1.165, 1.54) is 10.7 Å². The third-order valence-electron chi connectivity index (χ3n) is 3.79. The number of imidazole rings is 1. The molecule has 24 heavy (non-hydrogen) atoms.